The third kappa shape index (κ3) is 4.31. The van der Waals surface area contributed by atoms with Crippen molar-refractivity contribution in [3.63, 3.8) is 0 Å². The first-order chi connectivity index (χ1) is 12.2. The predicted octanol–water partition coefficient (Wildman–Crippen LogP) is 2.22. The number of likely N-dealkylation sites (tertiary alicyclic amines) is 1. The Morgan fingerprint density at radius 2 is 2.00 bits per heavy atom. The van der Waals surface area contributed by atoms with Crippen LogP contribution >= 0.6 is 0 Å². The fraction of sp³-hybridized carbons (Fsp3) is 0.579. The topological polar surface area (TPSA) is 59.1 Å². The van der Waals surface area contributed by atoms with Crippen LogP contribution in [0, 0.1) is 0 Å². The van der Waals surface area contributed by atoms with Gasteiger partial charge in [-0.25, -0.2) is 0 Å². The van der Waals surface area contributed by atoms with Crippen LogP contribution in [0.25, 0.3) is 0 Å². The monoisotopic (exact) mass is 346 g/mol. The number of hydrogen-bond donors (Lipinski definition) is 0. The average molecular weight is 346 g/mol. The zero-order valence-electron chi connectivity index (χ0n) is 14.8. The molecule has 6 nitrogen and oxygen atoms in total. The summed E-state index contributed by atoms with van der Waals surface area (Å²) in [5, 5.41) is 0. The number of benzene rings is 1. The summed E-state index contributed by atoms with van der Waals surface area (Å²) in [7, 11) is 0. The van der Waals surface area contributed by atoms with E-state index in [1.165, 1.54) is 0 Å². The van der Waals surface area contributed by atoms with E-state index in [2.05, 4.69) is 0 Å². The van der Waals surface area contributed by atoms with Gasteiger partial charge in [-0.15, -0.1) is 0 Å². The molecule has 0 saturated carbocycles. The third-order valence-electron chi connectivity index (χ3n) is 4.72. The quantitative estimate of drug-likeness (QED) is 0.820. The highest BCUT2D eigenvalue weighted by atomic mass is 16.5. The van der Waals surface area contributed by atoms with Gasteiger partial charge in [0, 0.05) is 32.5 Å². The molecule has 1 atom stereocenters. The number of rotatable bonds is 5. The maximum absolute atomic E-state index is 12.6. The van der Waals surface area contributed by atoms with Crippen LogP contribution in [0.15, 0.2) is 24.3 Å². The van der Waals surface area contributed by atoms with E-state index in [1.807, 2.05) is 36.1 Å². The second kappa shape index (κ2) is 8.34. The molecule has 2 aliphatic rings. The number of amides is 2. The van der Waals surface area contributed by atoms with Crippen molar-refractivity contribution < 1.29 is 19.1 Å². The van der Waals surface area contributed by atoms with Crippen LogP contribution in [0.1, 0.15) is 32.6 Å². The molecule has 1 saturated heterocycles. The minimum atomic E-state index is -0.0255. The standard InChI is InChI=1S/C19H26N2O4/c1-2-24-15-6-5-11-20(14-15)18(22)9-10-19(23)21-12-13-25-17-8-4-3-7-16(17)21/h3-4,7-8,15H,2,5-6,9-14H2,1H3/t15-/m0/s1. The van der Waals surface area contributed by atoms with Crippen molar-refractivity contribution in [1.29, 1.82) is 0 Å². The maximum Gasteiger partial charge on any atom is 0.227 e. The Balaban J connectivity index is 1.53. The SMILES string of the molecule is CCO[C@H]1CCCN(C(=O)CCC(=O)N2CCOc3ccccc32)C1. The molecule has 0 radical (unpaired) electrons. The largest absolute Gasteiger partial charge is 0.490 e. The summed E-state index contributed by atoms with van der Waals surface area (Å²) in [6.45, 7) is 5.05. The highest BCUT2D eigenvalue weighted by molar-refractivity contribution is 5.97. The van der Waals surface area contributed by atoms with Crippen molar-refractivity contribution in [1.82, 2.24) is 4.90 Å². The van der Waals surface area contributed by atoms with Gasteiger partial charge in [-0.3, -0.25) is 9.59 Å². The Kier molecular flexibility index (Phi) is 5.91. The highest BCUT2D eigenvalue weighted by Gasteiger charge is 2.26. The fourth-order valence-corrected chi connectivity index (χ4v) is 3.47. The van der Waals surface area contributed by atoms with Gasteiger partial charge in [-0.1, -0.05) is 12.1 Å². The molecule has 0 aliphatic carbocycles. The van der Waals surface area contributed by atoms with Gasteiger partial charge < -0.3 is 19.3 Å². The molecule has 2 heterocycles. The van der Waals surface area contributed by atoms with Gasteiger partial charge in [-0.05, 0) is 31.9 Å². The molecule has 2 amide bonds. The molecule has 0 aromatic heterocycles. The fourth-order valence-electron chi connectivity index (χ4n) is 3.47. The molecule has 1 aromatic rings. The third-order valence-corrected chi connectivity index (χ3v) is 4.72. The van der Waals surface area contributed by atoms with Crippen molar-refractivity contribution in [2.45, 2.75) is 38.7 Å². The Labute approximate surface area is 148 Å². The van der Waals surface area contributed by atoms with E-state index in [9.17, 15) is 9.59 Å². The maximum atomic E-state index is 12.6. The molecule has 1 fully saturated rings. The molecule has 2 aliphatic heterocycles. The second-order valence-corrected chi connectivity index (χ2v) is 6.42. The van der Waals surface area contributed by atoms with Crippen molar-refractivity contribution in [2.75, 3.05) is 37.7 Å². The molecule has 0 unspecified atom stereocenters. The van der Waals surface area contributed by atoms with Gasteiger partial charge >= 0.3 is 0 Å². The van der Waals surface area contributed by atoms with Crippen molar-refractivity contribution in [3.8, 4) is 5.75 Å². The van der Waals surface area contributed by atoms with E-state index in [0.29, 0.717) is 26.3 Å². The summed E-state index contributed by atoms with van der Waals surface area (Å²) >= 11 is 0. The van der Waals surface area contributed by atoms with Gasteiger partial charge in [0.25, 0.3) is 0 Å². The van der Waals surface area contributed by atoms with E-state index in [0.717, 1.165) is 30.8 Å². The number of carbonyl (C=O) groups excluding carboxylic acids is 2. The van der Waals surface area contributed by atoms with Crippen LogP contribution < -0.4 is 9.64 Å². The number of hydrogen-bond acceptors (Lipinski definition) is 4. The first-order valence-corrected chi connectivity index (χ1v) is 9.10. The van der Waals surface area contributed by atoms with Crippen LogP contribution in [0.4, 0.5) is 5.69 Å². The Morgan fingerprint density at radius 1 is 1.20 bits per heavy atom. The van der Waals surface area contributed by atoms with Gasteiger partial charge in [-0.2, -0.15) is 0 Å². The van der Waals surface area contributed by atoms with Crippen LogP contribution in [-0.4, -0.2) is 55.7 Å². The summed E-state index contributed by atoms with van der Waals surface area (Å²) in [5.74, 6) is 0.741. The number of fused-ring (bicyclic) bond motifs is 1. The molecule has 136 valence electrons. The summed E-state index contributed by atoms with van der Waals surface area (Å²) in [6.07, 6.45) is 2.56. The lowest BCUT2D eigenvalue weighted by molar-refractivity contribution is -0.136. The predicted molar refractivity (Wildman–Crippen MR) is 94.8 cm³/mol. The zero-order chi connectivity index (χ0) is 17.6. The summed E-state index contributed by atoms with van der Waals surface area (Å²) in [6, 6.07) is 7.52. The molecule has 0 bridgehead atoms. The summed E-state index contributed by atoms with van der Waals surface area (Å²) in [4.78, 5) is 28.6. The molecule has 0 spiro atoms. The average Bonchev–Trinajstić information content (AvgIpc) is 2.66. The number of nitrogens with zero attached hydrogens (tertiary/aromatic N) is 2. The van der Waals surface area contributed by atoms with E-state index in [1.54, 1.807) is 4.90 Å². The van der Waals surface area contributed by atoms with E-state index in [-0.39, 0.29) is 30.8 Å². The van der Waals surface area contributed by atoms with Crippen LogP contribution in [0.5, 0.6) is 5.75 Å². The molecule has 6 heteroatoms. The van der Waals surface area contributed by atoms with Gasteiger partial charge in [0.15, 0.2) is 0 Å². The van der Waals surface area contributed by atoms with Crippen molar-refractivity contribution in [2.24, 2.45) is 0 Å². The second-order valence-electron chi connectivity index (χ2n) is 6.42. The van der Waals surface area contributed by atoms with Gasteiger partial charge in [0.05, 0.1) is 18.3 Å². The number of ether oxygens (including phenoxy) is 2. The molecular weight excluding hydrogens is 320 g/mol. The molecule has 0 N–H and O–H groups in total. The van der Waals surface area contributed by atoms with Crippen LogP contribution in [-0.2, 0) is 14.3 Å². The van der Waals surface area contributed by atoms with E-state index >= 15 is 0 Å². The lowest BCUT2D eigenvalue weighted by Crippen LogP contribution is -2.44. The smallest absolute Gasteiger partial charge is 0.227 e. The number of para-hydroxylation sites is 2. The number of anilines is 1. The molecule has 25 heavy (non-hydrogen) atoms. The van der Waals surface area contributed by atoms with Crippen LogP contribution in [0.3, 0.4) is 0 Å². The zero-order valence-corrected chi connectivity index (χ0v) is 14.8. The summed E-state index contributed by atoms with van der Waals surface area (Å²) in [5.41, 5.74) is 0.792. The minimum absolute atomic E-state index is 0.0255. The van der Waals surface area contributed by atoms with E-state index < -0.39 is 0 Å². The Bertz CT molecular complexity index is 617. The van der Waals surface area contributed by atoms with Crippen LogP contribution in [0.2, 0.25) is 0 Å². The van der Waals surface area contributed by atoms with Crippen molar-refractivity contribution >= 4 is 17.5 Å². The minimum Gasteiger partial charge on any atom is -0.490 e. The molecular formula is C19H26N2O4. The molecule has 1 aromatic carbocycles. The van der Waals surface area contributed by atoms with Gasteiger partial charge in [0.1, 0.15) is 12.4 Å². The normalized spacial score (nSPS) is 20.0. The van der Waals surface area contributed by atoms with Crippen molar-refractivity contribution in [3.05, 3.63) is 24.3 Å². The summed E-state index contributed by atoms with van der Waals surface area (Å²) < 4.78 is 11.2. The molecule has 3 rings (SSSR count). The first-order valence-electron chi connectivity index (χ1n) is 9.10. The lowest BCUT2D eigenvalue weighted by atomic mass is 10.1. The Hall–Kier alpha value is -2.08. The Morgan fingerprint density at radius 3 is 2.84 bits per heavy atom. The number of piperidine rings is 1. The first kappa shape index (κ1) is 17.7. The highest BCUT2D eigenvalue weighted by Crippen LogP contribution is 2.31. The lowest BCUT2D eigenvalue weighted by Gasteiger charge is -2.33. The van der Waals surface area contributed by atoms with E-state index in [4.69, 9.17) is 9.47 Å². The van der Waals surface area contributed by atoms with Gasteiger partial charge in [0.2, 0.25) is 11.8 Å². The number of carbonyl (C=O) groups is 2.